The standard InChI is InChI=1S/C19H21NO4/c1-14-5-3-6-17(13-14)24-12-4-7-18(21)20-16-10-8-15(9-11-16)19(22)23-2/h3,5-6,8-11,13H,4,7,12H2,1-2H3,(H,20,21). The van der Waals surface area contributed by atoms with E-state index in [9.17, 15) is 9.59 Å². The Labute approximate surface area is 141 Å². The minimum Gasteiger partial charge on any atom is -0.494 e. The van der Waals surface area contributed by atoms with E-state index in [4.69, 9.17) is 4.74 Å². The molecule has 2 rings (SSSR count). The van der Waals surface area contributed by atoms with Gasteiger partial charge < -0.3 is 14.8 Å². The maximum atomic E-state index is 11.9. The lowest BCUT2D eigenvalue weighted by Crippen LogP contribution is -2.13. The van der Waals surface area contributed by atoms with Crippen LogP contribution in [0.4, 0.5) is 5.69 Å². The third-order valence-corrected chi connectivity index (χ3v) is 3.40. The Kier molecular flexibility index (Phi) is 6.37. The molecular weight excluding hydrogens is 306 g/mol. The van der Waals surface area contributed by atoms with Gasteiger partial charge in [-0.2, -0.15) is 0 Å². The second kappa shape index (κ2) is 8.72. The zero-order chi connectivity index (χ0) is 17.4. The Hall–Kier alpha value is -2.82. The van der Waals surface area contributed by atoms with Gasteiger partial charge in [0.2, 0.25) is 5.91 Å². The summed E-state index contributed by atoms with van der Waals surface area (Å²) in [6.45, 7) is 2.49. The fourth-order valence-electron chi connectivity index (χ4n) is 2.16. The number of nitrogens with one attached hydrogen (secondary N) is 1. The van der Waals surface area contributed by atoms with Crippen LogP contribution >= 0.6 is 0 Å². The summed E-state index contributed by atoms with van der Waals surface area (Å²) in [5, 5.41) is 2.79. The van der Waals surface area contributed by atoms with Crippen LogP contribution in [-0.4, -0.2) is 25.6 Å². The Balaban J connectivity index is 1.72. The maximum Gasteiger partial charge on any atom is 0.337 e. The predicted octanol–water partition coefficient (Wildman–Crippen LogP) is 3.58. The molecular formula is C19H21NO4. The van der Waals surface area contributed by atoms with Gasteiger partial charge in [0.25, 0.3) is 0 Å². The summed E-state index contributed by atoms with van der Waals surface area (Å²) in [5.41, 5.74) is 2.23. The van der Waals surface area contributed by atoms with Gasteiger partial charge in [0, 0.05) is 12.1 Å². The van der Waals surface area contributed by atoms with Gasteiger partial charge >= 0.3 is 5.97 Å². The van der Waals surface area contributed by atoms with Crippen LogP contribution in [-0.2, 0) is 9.53 Å². The molecule has 2 aromatic carbocycles. The van der Waals surface area contributed by atoms with Crippen LogP contribution in [0.1, 0.15) is 28.8 Å². The van der Waals surface area contributed by atoms with Gasteiger partial charge in [-0.1, -0.05) is 12.1 Å². The predicted molar refractivity (Wildman–Crippen MR) is 92.3 cm³/mol. The first kappa shape index (κ1) is 17.5. The lowest BCUT2D eigenvalue weighted by atomic mass is 10.2. The number of amides is 1. The van der Waals surface area contributed by atoms with E-state index in [1.165, 1.54) is 7.11 Å². The van der Waals surface area contributed by atoms with Gasteiger partial charge in [0.15, 0.2) is 0 Å². The molecule has 0 bridgehead atoms. The summed E-state index contributed by atoms with van der Waals surface area (Å²) in [7, 11) is 1.33. The van der Waals surface area contributed by atoms with E-state index in [0.29, 0.717) is 30.7 Å². The highest BCUT2D eigenvalue weighted by molar-refractivity contribution is 5.93. The molecule has 0 spiro atoms. The molecule has 0 radical (unpaired) electrons. The first-order valence-corrected chi connectivity index (χ1v) is 7.76. The van der Waals surface area contributed by atoms with Crippen molar-refractivity contribution in [2.75, 3.05) is 19.0 Å². The fraction of sp³-hybridized carbons (Fsp3) is 0.263. The number of methoxy groups -OCH3 is 1. The summed E-state index contributed by atoms with van der Waals surface area (Å²) >= 11 is 0. The van der Waals surface area contributed by atoms with Gasteiger partial charge in [-0.25, -0.2) is 4.79 Å². The highest BCUT2D eigenvalue weighted by Gasteiger charge is 2.06. The number of carbonyl (C=O) groups excluding carboxylic acids is 2. The Morgan fingerprint density at radius 1 is 1.08 bits per heavy atom. The largest absolute Gasteiger partial charge is 0.494 e. The van der Waals surface area contributed by atoms with Gasteiger partial charge in [-0.3, -0.25) is 4.79 Å². The molecule has 0 heterocycles. The van der Waals surface area contributed by atoms with Crippen LogP contribution in [0.15, 0.2) is 48.5 Å². The number of ether oxygens (including phenoxy) is 2. The molecule has 5 heteroatoms. The molecule has 24 heavy (non-hydrogen) atoms. The molecule has 1 N–H and O–H groups in total. The first-order valence-electron chi connectivity index (χ1n) is 7.76. The average molecular weight is 327 g/mol. The molecule has 0 saturated heterocycles. The first-order chi connectivity index (χ1) is 11.6. The van der Waals surface area contributed by atoms with E-state index >= 15 is 0 Å². The summed E-state index contributed by atoms with van der Waals surface area (Å²) in [6, 6.07) is 14.4. The third kappa shape index (κ3) is 5.43. The minimum absolute atomic E-state index is 0.0892. The average Bonchev–Trinajstić information content (AvgIpc) is 2.59. The third-order valence-electron chi connectivity index (χ3n) is 3.40. The quantitative estimate of drug-likeness (QED) is 0.623. The number of aryl methyl sites for hydroxylation is 1. The molecule has 0 fully saturated rings. The van der Waals surface area contributed by atoms with Crippen LogP contribution in [0.5, 0.6) is 5.75 Å². The van der Waals surface area contributed by atoms with Gasteiger partial charge in [0.05, 0.1) is 19.3 Å². The van der Waals surface area contributed by atoms with E-state index in [0.717, 1.165) is 11.3 Å². The summed E-state index contributed by atoms with van der Waals surface area (Å²) in [4.78, 5) is 23.2. The van der Waals surface area contributed by atoms with Crippen LogP contribution in [0.2, 0.25) is 0 Å². The van der Waals surface area contributed by atoms with Gasteiger partial charge in [-0.15, -0.1) is 0 Å². The second-order valence-corrected chi connectivity index (χ2v) is 5.39. The van der Waals surface area contributed by atoms with Gasteiger partial charge in [-0.05, 0) is 55.3 Å². The molecule has 5 nitrogen and oxygen atoms in total. The molecule has 126 valence electrons. The monoisotopic (exact) mass is 327 g/mol. The Morgan fingerprint density at radius 2 is 1.83 bits per heavy atom. The van der Waals surface area contributed by atoms with Crippen LogP contribution in [0.25, 0.3) is 0 Å². The number of hydrogen-bond donors (Lipinski definition) is 1. The molecule has 0 atom stereocenters. The van der Waals surface area contributed by atoms with E-state index in [1.54, 1.807) is 24.3 Å². The van der Waals surface area contributed by atoms with Crippen molar-refractivity contribution in [2.24, 2.45) is 0 Å². The smallest absolute Gasteiger partial charge is 0.337 e. The Morgan fingerprint density at radius 3 is 2.50 bits per heavy atom. The van der Waals surface area contributed by atoms with E-state index in [1.807, 2.05) is 31.2 Å². The van der Waals surface area contributed by atoms with Crippen molar-refractivity contribution < 1.29 is 19.1 Å². The maximum absolute atomic E-state index is 11.9. The van der Waals surface area contributed by atoms with Crippen molar-refractivity contribution in [2.45, 2.75) is 19.8 Å². The molecule has 0 aliphatic heterocycles. The number of hydrogen-bond acceptors (Lipinski definition) is 4. The lowest BCUT2D eigenvalue weighted by Gasteiger charge is -2.08. The van der Waals surface area contributed by atoms with E-state index in [-0.39, 0.29) is 5.91 Å². The number of benzene rings is 2. The molecule has 0 aromatic heterocycles. The molecule has 1 amide bonds. The zero-order valence-electron chi connectivity index (χ0n) is 13.9. The van der Waals surface area contributed by atoms with Crippen molar-refractivity contribution in [1.82, 2.24) is 0 Å². The van der Waals surface area contributed by atoms with Crippen molar-refractivity contribution in [3.63, 3.8) is 0 Å². The second-order valence-electron chi connectivity index (χ2n) is 5.39. The van der Waals surface area contributed by atoms with Crippen LogP contribution in [0, 0.1) is 6.92 Å². The SMILES string of the molecule is COC(=O)c1ccc(NC(=O)CCCOc2cccc(C)c2)cc1. The molecule has 0 aliphatic carbocycles. The summed E-state index contributed by atoms with van der Waals surface area (Å²) in [6.07, 6.45) is 0.991. The normalized spacial score (nSPS) is 10.1. The van der Waals surface area contributed by atoms with E-state index in [2.05, 4.69) is 10.1 Å². The van der Waals surface area contributed by atoms with E-state index < -0.39 is 5.97 Å². The lowest BCUT2D eigenvalue weighted by molar-refractivity contribution is -0.116. The molecule has 0 unspecified atom stereocenters. The van der Waals surface area contributed by atoms with Crippen molar-refractivity contribution in [3.8, 4) is 5.75 Å². The minimum atomic E-state index is -0.402. The van der Waals surface area contributed by atoms with Crippen molar-refractivity contribution in [3.05, 3.63) is 59.7 Å². The van der Waals surface area contributed by atoms with Crippen LogP contribution in [0.3, 0.4) is 0 Å². The number of esters is 1. The summed E-state index contributed by atoms with van der Waals surface area (Å²) < 4.78 is 10.2. The van der Waals surface area contributed by atoms with Crippen molar-refractivity contribution in [1.29, 1.82) is 0 Å². The molecule has 0 aliphatic rings. The fourth-order valence-corrected chi connectivity index (χ4v) is 2.16. The van der Waals surface area contributed by atoms with Crippen molar-refractivity contribution >= 4 is 17.6 Å². The summed E-state index contributed by atoms with van der Waals surface area (Å²) in [5.74, 6) is 0.323. The number of anilines is 1. The Bertz CT molecular complexity index is 695. The van der Waals surface area contributed by atoms with Crippen LogP contribution < -0.4 is 10.1 Å². The highest BCUT2D eigenvalue weighted by Crippen LogP contribution is 2.13. The number of rotatable bonds is 7. The highest BCUT2D eigenvalue weighted by atomic mass is 16.5. The zero-order valence-corrected chi connectivity index (χ0v) is 13.9. The topological polar surface area (TPSA) is 64.6 Å². The molecule has 2 aromatic rings. The number of carbonyl (C=O) groups is 2. The van der Waals surface area contributed by atoms with Gasteiger partial charge in [0.1, 0.15) is 5.75 Å². The molecule has 0 saturated carbocycles.